The molecule has 1 saturated heterocycles. The van der Waals surface area contributed by atoms with E-state index in [1.54, 1.807) is 4.57 Å². The predicted octanol–water partition coefficient (Wildman–Crippen LogP) is 3.46. The number of anilines is 1. The predicted molar refractivity (Wildman–Crippen MR) is 107 cm³/mol. The topological polar surface area (TPSA) is 43.1 Å². The van der Waals surface area contributed by atoms with Gasteiger partial charge in [-0.3, -0.25) is 9.36 Å². The summed E-state index contributed by atoms with van der Waals surface area (Å²) < 4.78 is 3.71. The van der Waals surface area contributed by atoms with E-state index in [0.717, 1.165) is 48.7 Å². The van der Waals surface area contributed by atoms with E-state index in [4.69, 9.17) is 4.98 Å². The van der Waals surface area contributed by atoms with E-state index in [-0.39, 0.29) is 5.56 Å². The van der Waals surface area contributed by atoms with Gasteiger partial charge in [0.15, 0.2) is 0 Å². The van der Waals surface area contributed by atoms with Crippen LogP contribution >= 0.6 is 0 Å². The van der Waals surface area contributed by atoms with Crippen LogP contribution in [0.3, 0.4) is 0 Å². The number of hydrogen-bond donors (Lipinski definition) is 0. The number of benzene rings is 1. The highest BCUT2D eigenvalue weighted by Crippen LogP contribution is 2.34. The molecule has 5 nitrogen and oxygen atoms in total. The summed E-state index contributed by atoms with van der Waals surface area (Å²) in [5.41, 5.74) is 6.57. The van der Waals surface area contributed by atoms with Crippen LogP contribution in [-0.2, 0) is 14.1 Å². The van der Waals surface area contributed by atoms with Crippen molar-refractivity contribution in [3.63, 3.8) is 0 Å². The van der Waals surface area contributed by atoms with E-state index in [0.29, 0.717) is 5.39 Å². The largest absolute Gasteiger partial charge is 0.342 e. The second-order valence-electron chi connectivity index (χ2n) is 7.60. The molecule has 3 heterocycles. The van der Waals surface area contributed by atoms with Crippen molar-refractivity contribution in [3.05, 3.63) is 45.4 Å². The normalized spacial score (nSPS) is 14.6. The van der Waals surface area contributed by atoms with Crippen molar-refractivity contribution in [3.8, 4) is 11.1 Å². The highest BCUT2D eigenvalue weighted by molar-refractivity contribution is 5.95. The van der Waals surface area contributed by atoms with Crippen molar-refractivity contribution in [2.45, 2.75) is 33.6 Å². The van der Waals surface area contributed by atoms with E-state index >= 15 is 0 Å². The van der Waals surface area contributed by atoms with Crippen LogP contribution in [0, 0.1) is 20.8 Å². The van der Waals surface area contributed by atoms with Crippen LogP contribution in [0.25, 0.3) is 22.2 Å². The zero-order valence-electron chi connectivity index (χ0n) is 16.3. The summed E-state index contributed by atoms with van der Waals surface area (Å²) in [6.45, 7) is 8.28. The summed E-state index contributed by atoms with van der Waals surface area (Å²) in [6, 6.07) is 4.36. The molecule has 4 rings (SSSR count). The minimum Gasteiger partial charge on any atom is -0.342 e. The minimum absolute atomic E-state index is 0.0341. The summed E-state index contributed by atoms with van der Waals surface area (Å²) in [5, 5.41) is 0.716. The molecule has 1 aromatic carbocycles. The minimum atomic E-state index is 0.0341. The smallest absolute Gasteiger partial charge is 0.264 e. The molecule has 5 heteroatoms. The van der Waals surface area contributed by atoms with Crippen LogP contribution in [0.2, 0.25) is 0 Å². The van der Waals surface area contributed by atoms with Crippen LogP contribution in [0.5, 0.6) is 0 Å². The zero-order valence-corrected chi connectivity index (χ0v) is 16.3. The molecule has 26 heavy (non-hydrogen) atoms. The fraction of sp³-hybridized carbons (Fsp3) is 0.429. The number of aromatic nitrogens is 3. The fourth-order valence-corrected chi connectivity index (χ4v) is 4.38. The first-order chi connectivity index (χ1) is 12.4. The van der Waals surface area contributed by atoms with Gasteiger partial charge in [0, 0.05) is 38.9 Å². The molecule has 0 amide bonds. The Morgan fingerprint density at radius 3 is 2.23 bits per heavy atom. The van der Waals surface area contributed by atoms with E-state index in [2.05, 4.69) is 44.0 Å². The van der Waals surface area contributed by atoms with Crippen molar-refractivity contribution < 1.29 is 0 Å². The average molecular weight is 350 g/mol. The molecule has 0 saturated carbocycles. The van der Waals surface area contributed by atoms with Gasteiger partial charge in [0.2, 0.25) is 5.95 Å². The summed E-state index contributed by atoms with van der Waals surface area (Å²) in [7, 11) is 3.82. The summed E-state index contributed by atoms with van der Waals surface area (Å²) in [4.78, 5) is 20.4. The van der Waals surface area contributed by atoms with E-state index in [1.165, 1.54) is 16.7 Å². The second-order valence-corrected chi connectivity index (χ2v) is 7.60. The monoisotopic (exact) mass is 350 g/mol. The molecule has 0 unspecified atom stereocenters. The molecule has 0 atom stereocenters. The lowest BCUT2D eigenvalue weighted by molar-refractivity contribution is 0.772. The Morgan fingerprint density at radius 1 is 1.00 bits per heavy atom. The van der Waals surface area contributed by atoms with Gasteiger partial charge in [-0.15, -0.1) is 0 Å². The third-order valence-corrected chi connectivity index (χ3v) is 5.51. The van der Waals surface area contributed by atoms with Gasteiger partial charge in [-0.05, 0) is 50.3 Å². The van der Waals surface area contributed by atoms with Crippen molar-refractivity contribution >= 4 is 17.0 Å². The van der Waals surface area contributed by atoms with Crippen LogP contribution in [-0.4, -0.2) is 27.2 Å². The Bertz CT molecular complexity index is 1040. The van der Waals surface area contributed by atoms with Gasteiger partial charge in [0.1, 0.15) is 5.65 Å². The van der Waals surface area contributed by atoms with Gasteiger partial charge < -0.3 is 9.47 Å². The third kappa shape index (κ3) is 2.45. The van der Waals surface area contributed by atoms with Crippen molar-refractivity contribution in [1.82, 2.24) is 14.1 Å². The van der Waals surface area contributed by atoms with Gasteiger partial charge in [-0.1, -0.05) is 17.7 Å². The lowest BCUT2D eigenvalue weighted by atomic mass is 9.94. The molecule has 3 aromatic rings. The SMILES string of the molecule is Cc1cc(C)c(-c2cn(C)c3nc(N4CCCC4)n(C)c(=O)c23)c(C)c1. The molecule has 136 valence electrons. The van der Waals surface area contributed by atoms with Gasteiger partial charge in [-0.2, -0.15) is 4.98 Å². The maximum atomic E-state index is 13.3. The number of rotatable bonds is 2. The first-order valence-electron chi connectivity index (χ1n) is 9.27. The lowest BCUT2D eigenvalue weighted by Gasteiger charge is -2.19. The molecule has 0 bridgehead atoms. The van der Waals surface area contributed by atoms with Crippen LogP contribution in [0.1, 0.15) is 29.5 Å². The maximum absolute atomic E-state index is 13.3. The van der Waals surface area contributed by atoms with Gasteiger partial charge in [-0.25, -0.2) is 0 Å². The molecule has 1 fully saturated rings. The van der Waals surface area contributed by atoms with E-state index in [1.807, 2.05) is 18.7 Å². The van der Waals surface area contributed by atoms with Crippen molar-refractivity contribution in [1.29, 1.82) is 0 Å². The first kappa shape index (κ1) is 16.9. The highest BCUT2D eigenvalue weighted by Gasteiger charge is 2.23. The van der Waals surface area contributed by atoms with Gasteiger partial charge in [0.25, 0.3) is 5.56 Å². The molecule has 1 aliphatic rings. The number of fused-ring (bicyclic) bond motifs is 1. The summed E-state index contributed by atoms with van der Waals surface area (Å²) in [6.07, 6.45) is 4.37. The Morgan fingerprint density at radius 2 is 1.62 bits per heavy atom. The molecular weight excluding hydrogens is 324 g/mol. The van der Waals surface area contributed by atoms with E-state index in [9.17, 15) is 4.79 Å². The van der Waals surface area contributed by atoms with E-state index < -0.39 is 0 Å². The third-order valence-electron chi connectivity index (χ3n) is 5.51. The van der Waals surface area contributed by atoms with Gasteiger partial charge >= 0.3 is 0 Å². The standard InChI is InChI=1S/C21H26N4O/c1-13-10-14(2)17(15(3)11-13)16-12-23(4)19-18(16)20(26)24(5)21(22-19)25-8-6-7-9-25/h10-12H,6-9H2,1-5H3. The second kappa shape index (κ2) is 6.01. The molecule has 0 spiro atoms. The summed E-state index contributed by atoms with van der Waals surface area (Å²) in [5.74, 6) is 0.783. The number of nitrogens with zero attached hydrogens (tertiary/aromatic N) is 4. The maximum Gasteiger partial charge on any atom is 0.264 e. The molecular formula is C21H26N4O. The Balaban J connectivity index is 2.02. The molecule has 0 N–H and O–H groups in total. The lowest BCUT2D eigenvalue weighted by Crippen LogP contribution is -2.29. The van der Waals surface area contributed by atoms with Crippen LogP contribution in [0.15, 0.2) is 23.1 Å². The summed E-state index contributed by atoms with van der Waals surface area (Å²) >= 11 is 0. The first-order valence-corrected chi connectivity index (χ1v) is 9.27. The Labute approximate surface area is 153 Å². The quantitative estimate of drug-likeness (QED) is 0.711. The molecule has 0 aliphatic carbocycles. The molecule has 0 radical (unpaired) electrons. The van der Waals surface area contributed by atoms with Crippen molar-refractivity contribution in [2.75, 3.05) is 18.0 Å². The number of aryl methyl sites for hydroxylation is 4. The zero-order chi connectivity index (χ0) is 18.6. The molecule has 1 aliphatic heterocycles. The average Bonchev–Trinajstić information content (AvgIpc) is 3.19. The van der Waals surface area contributed by atoms with Crippen LogP contribution in [0.4, 0.5) is 5.95 Å². The molecule has 2 aromatic heterocycles. The van der Waals surface area contributed by atoms with Crippen molar-refractivity contribution in [2.24, 2.45) is 14.1 Å². The fourth-order valence-electron chi connectivity index (χ4n) is 4.38. The highest BCUT2D eigenvalue weighted by atomic mass is 16.1. The van der Waals surface area contributed by atoms with Crippen LogP contribution < -0.4 is 10.5 Å². The Kier molecular flexibility index (Phi) is 3.90. The van der Waals surface area contributed by atoms with Gasteiger partial charge in [0.05, 0.1) is 5.39 Å². The Hall–Kier alpha value is -2.56. The number of hydrogen-bond acceptors (Lipinski definition) is 3.